The number of rotatable bonds is 8. The average Bonchev–Trinajstić information content (AvgIpc) is 2.77. The van der Waals surface area contributed by atoms with Crippen LogP contribution in [0.25, 0.3) is 24.3 Å². The summed E-state index contributed by atoms with van der Waals surface area (Å²) in [6.45, 7) is 14.5. The highest BCUT2D eigenvalue weighted by Gasteiger charge is 2.14. The number of nitrogens with zero attached hydrogens (tertiary/aromatic N) is 1. The van der Waals surface area contributed by atoms with Gasteiger partial charge in [0.1, 0.15) is 0 Å². The molecule has 0 aliphatic rings. The van der Waals surface area contributed by atoms with Crippen molar-refractivity contribution in [2.75, 3.05) is 0 Å². The molecule has 32 heavy (non-hydrogen) atoms. The maximum Gasteiger partial charge on any atom is 0.205 e. The average molecular weight is 425 g/mol. The lowest BCUT2D eigenvalue weighted by Gasteiger charge is -2.08. The molecule has 0 unspecified atom stereocenters. The predicted octanol–water partition coefficient (Wildman–Crippen LogP) is 8.22. The van der Waals surface area contributed by atoms with E-state index in [4.69, 9.17) is 0 Å². The van der Waals surface area contributed by atoms with Gasteiger partial charge in [-0.1, -0.05) is 90.1 Å². The van der Waals surface area contributed by atoms with E-state index < -0.39 is 0 Å². The third kappa shape index (κ3) is 6.53. The van der Waals surface area contributed by atoms with Crippen LogP contribution in [0.1, 0.15) is 87.0 Å². The van der Waals surface area contributed by atoms with E-state index in [0.29, 0.717) is 17.8 Å². The molecule has 0 aliphatic heterocycles. The van der Waals surface area contributed by atoms with Crippen LogP contribution >= 0.6 is 0 Å². The van der Waals surface area contributed by atoms with Crippen molar-refractivity contribution in [3.8, 4) is 0 Å². The molecule has 0 bridgehead atoms. The molecule has 1 aromatic heterocycles. The van der Waals surface area contributed by atoms with Crippen molar-refractivity contribution in [3.05, 3.63) is 100 Å². The van der Waals surface area contributed by atoms with Crippen LogP contribution in [0.3, 0.4) is 0 Å². The molecule has 0 saturated heterocycles. The molecule has 0 aliphatic carbocycles. The van der Waals surface area contributed by atoms with Crippen LogP contribution in [0.5, 0.6) is 0 Å². The maximum atomic E-state index is 2.42. The topological polar surface area (TPSA) is 3.88 Å². The van der Waals surface area contributed by atoms with Gasteiger partial charge in [0, 0.05) is 30.2 Å². The van der Waals surface area contributed by atoms with Crippen molar-refractivity contribution >= 4 is 24.3 Å². The van der Waals surface area contributed by atoms with E-state index in [1.807, 2.05) is 0 Å². The molecular weight excluding hydrogens is 386 g/mol. The summed E-state index contributed by atoms with van der Waals surface area (Å²) in [5.74, 6) is 1.69. The fourth-order valence-electron chi connectivity index (χ4n) is 3.79. The van der Waals surface area contributed by atoms with Crippen LogP contribution in [0, 0.1) is 5.92 Å². The molecular formula is C31H38N+. The molecule has 0 amide bonds. The van der Waals surface area contributed by atoms with Gasteiger partial charge in [-0.25, -0.2) is 0 Å². The van der Waals surface area contributed by atoms with Crippen LogP contribution in [-0.4, -0.2) is 0 Å². The highest BCUT2D eigenvalue weighted by Crippen LogP contribution is 2.17. The quantitative estimate of drug-likeness (QED) is 0.321. The molecule has 0 spiro atoms. The third-order valence-corrected chi connectivity index (χ3v) is 5.80. The van der Waals surface area contributed by atoms with E-state index in [-0.39, 0.29) is 0 Å². The van der Waals surface area contributed by atoms with Crippen molar-refractivity contribution in [2.45, 2.75) is 59.9 Å². The Morgan fingerprint density at radius 2 is 0.969 bits per heavy atom. The second-order valence-electron chi connectivity index (χ2n) is 9.69. The van der Waals surface area contributed by atoms with Gasteiger partial charge in [0.05, 0.1) is 0 Å². The Bertz CT molecular complexity index is 969. The van der Waals surface area contributed by atoms with Crippen LogP contribution < -0.4 is 4.57 Å². The molecule has 2 aromatic carbocycles. The number of hydrogen-bond donors (Lipinski definition) is 0. The van der Waals surface area contributed by atoms with Gasteiger partial charge in [-0.3, -0.25) is 0 Å². The van der Waals surface area contributed by atoms with Gasteiger partial charge >= 0.3 is 0 Å². The smallest absolute Gasteiger partial charge is 0.192 e. The van der Waals surface area contributed by atoms with Gasteiger partial charge in [0.2, 0.25) is 11.4 Å². The molecule has 3 rings (SSSR count). The number of aromatic nitrogens is 1. The summed E-state index contributed by atoms with van der Waals surface area (Å²) >= 11 is 0. The maximum absolute atomic E-state index is 2.42. The Morgan fingerprint density at radius 1 is 0.562 bits per heavy atom. The zero-order valence-electron chi connectivity index (χ0n) is 20.5. The molecule has 0 fully saturated rings. The monoisotopic (exact) mass is 424 g/mol. The van der Waals surface area contributed by atoms with Crippen molar-refractivity contribution in [2.24, 2.45) is 5.92 Å². The van der Waals surface area contributed by atoms with Crippen molar-refractivity contribution in [1.29, 1.82) is 0 Å². The molecule has 166 valence electrons. The molecule has 1 heterocycles. The number of hydrogen-bond acceptors (Lipinski definition) is 0. The summed E-state index contributed by atoms with van der Waals surface area (Å²) < 4.78 is 2.42. The van der Waals surface area contributed by atoms with Gasteiger partial charge in [0.15, 0.2) is 6.54 Å². The van der Waals surface area contributed by atoms with Gasteiger partial charge in [0.25, 0.3) is 0 Å². The molecule has 3 aromatic rings. The number of pyridine rings is 1. The minimum absolute atomic E-state index is 0.561. The highest BCUT2D eigenvalue weighted by atomic mass is 15.0. The molecule has 0 saturated carbocycles. The summed E-state index contributed by atoms with van der Waals surface area (Å²) in [5.41, 5.74) is 7.68. The van der Waals surface area contributed by atoms with Crippen molar-refractivity contribution < 1.29 is 4.57 Å². The summed E-state index contributed by atoms with van der Waals surface area (Å²) in [7, 11) is 0. The summed E-state index contributed by atoms with van der Waals surface area (Å²) in [5, 5.41) is 0. The van der Waals surface area contributed by atoms with Crippen LogP contribution in [0.4, 0.5) is 0 Å². The lowest BCUT2D eigenvalue weighted by Crippen LogP contribution is -2.42. The van der Waals surface area contributed by atoms with Gasteiger partial charge < -0.3 is 0 Å². The Hall–Kier alpha value is -2.93. The predicted molar refractivity (Wildman–Crippen MR) is 140 cm³/mol. The first-order chi connectivity index (χ1) is 15.3. The van der Waals surface area contributed by atoms with E-state index in [0.717, 1.165) is 6.54 Å². The summed E-state index contributed by atoms with van der Waals surface area (Å²) in [6, 6.07) is 24.3. The lowest BCUT2D eigenvalue weighted by atomic mass is 10.0. The molecule has 0 N–H and O–H groups in total. The fraction of sp³-hybridized carbons (Fsp3) is 0.323. The minimum Gasteiger partial charge on any atom is -0.192 e. The lowest BCUT2D eigenvalue weighted by molar-refractivity contribution is -0.705. The van der Waals surface area contributed by atoms with Crippen LogP contribution in [0.2, 0.25) is 0 Å². The van der Waals surface area contributed by atoms with Crippen LogP contribution in [0.15, 0.2) is 66.7 Å². The minimum atomic E-state index is 0.561. The largest absolute Gasteiger partial charge is 0.205 e. The van der Waals surface area contributed by atoms with Crippen molar-refractivity contribution in [1.82, 2.24) is 0 Å². The van der Waals surface area contributed by atoms with Gasteiger partial charge in [-0.15, -0.1) is 0 Å². The Kier molecular flexibility index (Phi) is 8.22. The summed E-state index contributed by atoms with van der Waals surface area (Å²) in [6.07, 6.45) is 8.91. The zero-order chi connectivity index (χ0) is 23.1. The zero-order valence-corrected chi connectivity index (χ0v) is 20.5. The molecule has 1 heteroatoms. The second-order valence-corrected chi connectivity index (χ2v) is 9.69. The Morgan fingerprint density at radius 3 is 1.31 bits per heavy atom. The van der Waals surface area contributed by atoms with E-state index in [1.165, 1.54) is 33.6 Å². The number of benzene rings is 2. The Balaban J connectivity index is 1.88. The van der Waals surface area contributed by atoms with Crippen molar-refractivity contribution in [3.63, 3.8) is 0 Å². The highest BCUT2D eigenvalue weighted by molar-refractivity contribution is 5.69. The van der Waals surface area contributed by atoms with E-state index in [2.05, 4.69) is 137 Å². The Labute approximate surface area is 195 Å². The first kappa shape index (κ1) is 23.7. The fourth-order valence-corrected chi connectivity index (χ4v) is 3.79. The molecule has 1 nitrogen and oxygen atoms in total. The first-order valence-corrected chi connectivity index (χ1v) is 11.9. The molecule has 0 atom stereocenters. The van der Waals surface area contributed by atoms with E-state index >= 15 is 0 Å². The standard InChI is InChI=1S/C31H38N/c1-23(2)22-32-30(20-14-26-10-16-28(17-11-26)24(3)4)8-7-9-31(32)21-15-27-12-18-29(19-13-27)25(5)6/h7-21,23-25H,22H2,1-6H3/q+1/b20-14+,21-15+. The van der Waals surface area contributed by atoms with E-state index in [1.54, 1.807) is 0 Å². The van der Waals surface area contributed by atoms with Gasteiger partial charge in [-0.05, 0) is 52.3 Å². The molecule has 0 radical (unpaired) electrons. The third-order valence-electron chi connectivity index (χ3n) is 5.80. The summed E-state index contributed by atoms with van der Waals surface area (Å²) in [4.78, 5) is 0. The van der Waals surface area contributed by atoms with Gasteiger partial charge in [-0.2, -0.15) is 4.57 Å². The SMILES string of the molecule is CC(C)C[n+]1c(/C=C/c2ccc(C(C)C)cc2)cccc1/C=C/c1ccc(C(C)C)cc1. The first-order valence-electron chi connectivity index (χ1n) is 11.9. The second kappa shape index (κ2) is 11.1. The normalized spacial score (nSPS) is 12.2. The van der Waals surface area contributed by atoms with Crippen LogP contribution in [-0.2, 0) is 6.54 Å². The van der Waals surface area contributed by atoms with E-state index in [9.17, 15) is 0 Å².